The van der Waals surface area contributed by atoms with Crippen molar-refractivity contribution in [1.29, 1.82) is 0 Å². The standard InChI is InChI=1S/C14H19N3O2/c1-2-11-8-17(5-6-18-11)9-14-16-12-7-10(15)3-4-13(12)19-14/h3-4,7,11H,2,5-6,8-9,15H2,1H3. The van der Waals surface area contributed by atoms with E-state index in [1.54, 1.807) is 0 Å². The highest BCUT2D eigenvalue weighted by atomic mass is 16.5. The van der Waals surface area contributed by atoms with E-state index >= 15 is 0 Å². The van der Waals surface area contributed by atoms with E-state index in [1.807, 2.05) is 18.2 Å². The predicted molar refractivity (Wildman–Crippen MR) is 73.7 cm³/mol. The molecule has 0 saturated carbocycles. The van der Waals surface area contributed by atoms with Crippen LogP contribution in [0.1, 0.15) is 19.2 Å². The SMILES string of the molecule is CCC1CN(Cc2nc3cc(N)ccc3o2)CCO1. The van der Waals surface area contributed by atoms with Gasteiger partial charge in [0.2, 0.25) is 5.89 Å². The quantitative estimate of drug-likeness (QED) is 0.856. The molecule has 0 aliphatic carbocycles. The molecule has 0 amide bonds. The van der Waals surface area contributed by atoms with Gasteiger partial charge in [0.25, 0.3) is 0 Å². The van der Waals surface area contributed by atoms with Gasteiger partial charge in [0, 0.05) is 18.8 Å². The zero-order valence-corrected chi connectivity index (χ0v) is 11.1. The van der Waals surface area contributed by atoms with E-state index in [1.165, 1.54) is 0 Å². The van der Waals surface area contributed by atoms with E-state index < -0.39 is 0 Å². The fraction of sp³-hybridized carbons (Fsp3) is 0.500. The molecule has 1 unspecified atom stereocenters. The largest absolute Gasteiger partial charge is 0.439 e. The summed E-state index contributed by atoms with van der Waals surface area (Å²) in [6.45, 7) is 5.53. The first-order valence-corrected chi connectivity index (χ1v) is 6.73. The maximum atomic E-state index is 5.75. The second-order valence-electron chi connectivity index (χ2n) is 4.97. The minimum absolute atomic E-state index is 0.328. The Kier molecular flexibility index (Phi) is 3.40. The number of anilines is 1. The van der Waals surface area contributed by atoms with Gasteiger partial charge in [0.05, 0.1) is 19.3 Å². The van der Waals surface area contributed by atoms with Crippen molar-refractivity contribution in [3.63, 3.8) is 0 Å². The number of rotatable bonds is 3. The van der Waals surface area contributed by atoms with Crippen LogP contribution in [0.15, 0.2) is 22.6 Å². The number of hydrogen-bond donors (Lipinski definition) is 1. The third-order valence-electron chi connectivity index (χ3n) is 3.49. The number of nitrogens with two attached hydrogens (primary N) is 1. The molecule has 2 heterocycles. The molecule has 0 bridgehead atoms. The van der Waals surface area contributed by atoms with Crippen LogP contribution >= 0.6 is 0 Å². The molecule has 1 aromatic heterocycles. The molecule has 0 spiro atoms. The summed E-state index contributed by atoms with van der Waals surface area (Å²) in [5, 5.41) is 0. The number of nitrogens with zero attached hydrogens (tertiary/aromatic N) is 2. The third kappa shape index (κ3) is 2.72. The molecule has 5 nitrogen and oxygen atoms in total. The summed E-state index contributed by atoms with van der Waals surface area (Å²) in [6, 6.07) is 5.55. The van der Waals surface area contributed by atoms with Crippen LogP contribution in [0.25, 0.3) is 11.1 Å². The summed E-state index contributed by atoms with van der Waals surface area (Å²) in [5.74, 6) is 0.748. The highest BCUT2D eigenvalue weighted by Gasteiger charge is 2.20. The van der Waals surface area contributed by atoms with Crippen LogP contribution in [0.3, 0.4) is 0 Å². The molecule has 102 valence electrons. The van der Waals surface area contributed by atoms with E-state index in [0.29, 0.717) is 11.8 Å². The van der Waals surface area contributed by atoms with Crippen molar-refractivity contribution in [2.75, 3.05) is 25.4 Å². The van der Waals surface area contributed by atoms with Gasteiger partial charge in [-0.2, -0.15) is 0 Å². The molecular weight excluding hydrogens is 242 g/mol. The van der Waals surface area contributed by atoms with E-state index in [2.05, 4.69) is 16.8 Å². The van der Waals surface area contributed by atoms with Crippen molar-refractivity contribution in [3.05, 3.63) is 24.1 Å². The molecule has 1 aliphatic heterocycles. The molecule has 1 aromatic carbocycles. The Bertz CT molecular complexity index is 567. The number of nitrogen functional groups attached to an aromatic ring is 1. The van der Waals surface area contributed by atoms with Gasteiger partial charge < -0.3 is 14.9 Å². The van der Waals surface area contributed by atoms with Gasteiger partial charge in [-0.05, 0) is 24.6 Å². The first-order valence-electron chi connectivity index (χ1n) is 6.73. The second kappa shape index (κ2) is 5.19. The Morgan fingerprint density at radius 1 is 1.47 bits per heavy atom. The number of morpholine rings is 1. The summed E-state index contributed by atoms with van der Waals surface area (Å²) in [7, 11) is 0. The number of oxazole rings is 1. The van der Waals surface area contributed by atoms with Crippen molar-refractivity contribution in [2.45, 2.75) is 26.0 Å². The lowest BCUT2D eigenvalue weighted by atomic mass is 10.2. The Morgan fingerprint density at radius 3 is 3.21 bits per heavy atom. The summed E-state index contributed by atoms with van der Waals surface area (Å²) >= 11 is 0. The topological polar surface area (TPSA) is 64.5 Å². The lowest BCUT2D eigenvalue weighted by Crippen LogP contribution is -2.41. The highest BCUT2D eigenvalue weighted by molar-refractivity contribution is 5.76. The second-order valence-corrected chi connectivity index (χ2v) is 4.97. The van der Waals surface area contributed by atoms with Gasteiger partial charge in [-0.15, -0.1) is 0 Å². The molecule has 1 aliphatic rings. The Morgan fingerprint density at radius 2 is 2.37 bits per heavy atom. The van der Waals surface area contributed by atoms with Crippen LogP contribution in [-0.4, -0.2) is 35.7 Å². The van der Waals surface area contributed by atoms with Crippen molar-refractivity contribution < 1.29 is 9.15 Å². The smallest absolute Gasteiger partial charge is 0.209 e. The van der Waals surface area contributed by atoms with Crippen molar-refractivity contribution >= 4 is 16.8 Å². The number of fused-ring (bicyclic) bond motifs is 1. The molecule has 1 fully saturated rings. The molecule has 1 saturated heterocycles. The summed E-state index contributed by atoms with van der Waals surface area (Å²) in [5.41, 5.74) is 8.08. The maximum Gasteiger partial charge on any atom is 0.209 e. The predicted octanol–water partition coefficient (Wildman–Crippen LogP) is 2.02. The molecule has 3 rings (SSSR count). The minimum atomic E-state index is 0.328. The Balaban J connectivity index is 1.74. The van der Waals surface area contributed by atoms with Gasteiger partial charge in [-0.1, -0.05) is 6.92 Å². The van der Waals surface area contributed by atoms with Gasteiger partial charge in [0.15, 0.2) is 5.58 Å². The Hall–Kier alpha value is -1.59. The lowest BCUT2D eigenvalue weighted by molar-refractivity contribution is -0.0345. The van der Waals surface area contributed by atoms with E-state index in [4.69, 9.17) is 14.9 Å². The van der Waals surface area contributed by atoms with Crippen LogP contribution in [0.5, 0.6) is 0 Å². The molecule has 5 heteroatoms. The van der Waals surface area contributed by atoms with Crippen LogP contribution in [0, 0.1) is 0 Å². The number of hydrogen-bond acceptors (Lipinski definition) is 5. The van der Waals surface area contributed by atoms with E-state index in [-0.39, 0.29) is 0 Å². The lowest BCUT2D eigenvalue weighted by Gasteiger charge is -2.31. The zero-order valence-electron chi connectivity index (χ0n) is 11.1. The first kappa shape index (κ1) is 12.4. The molecule has 2 N–H and O–H groups in total. The summed E-state index contributed by atoms with van der Waals surface area (Å²) < 4.78 is 11.4. The monoisotopic (exact) mass is 261 g/mol. The fourth-order valence-corrected chi connectivity index (χ4v) is 2.42. The Labute approximate surface area is 112 Å². The summed E-state index contributed by atoms with van der Waals surface area (Å²) in [6.07, 6.45) is 1.37. The van der Waals surface area contributed by atoms with Crippen LogP contribution in [0.2, 0.25) is 0 Å². The van der Waals surface area contributed by atoms with Gasteiger partial charge in [0.1, 0.15) is 5.52 Å². The molecular formula is C14H19N3O2. The van der Waals surface area contributed by atoms with Gasteiger partial charge >= 0.3 is 0 Å². The molecule has 2 aromatic rings. The normalized spacial score (nSPS) is 21.0. The van der Waals surface area contributed by atoms with Crippen molar-refractivity contribution in [2.24, 2.45) is 0 Å². The maximum absolute atomic E-state index is 5.75. The van der Waals surface area contributed by atoms with Gasteiger partial charge in [-0.25, -0.2) is 4.98 Å². The number of ether oxygens (including phenoxy) is 1. The first-order chi connectivity index (χ1) is 9.24. The van der Waals surface area contributed by atoms with Crippen LogP contribution in [0.4, 0.5) is 5.69 Å². The van der Waals surface area contributed by atoms with Gasteiger partial charge in [-0.3, -0.25) is 4.90 Å². The van der Waals surface area contributed by atoms with Crippen LogP contribution in [-0.2, 0) is 11.3 Å². The van der Waals surface area contributed by atoms with E-state index in [9.17, 15) is 0 Å². The zero-order chi connectivity index (χ0) is 13.2. The van der Waals surface area contributed by atoms with Crippen LogP contribution < -0.4 is 5.73 Å². The van der Waals surface area contributed by atoms with Crippen molar-refractivity contribution in [3.8, 4) is 0 Å². The number of benzene rings is 1. The third-order valence-corrected chi connectivity index (χ3v) is 3.49. The average molecular weight is 261 g/mol. The highest BCUT2D eigenvalue weighted by Crippen LogP contribution is 2.20. The molecule has 19 heavy (non-hydrogen) atoms. The fourth-order valence-electron chi connectivity index (χ4n) is 2.42. The summed E-state index contributed by atoms with van der Waals surface area (Å²) in [4.78, 5) is 6.81. The average Bonchev–Trinajstić information content (AvgIpc) is 2.80. The van der Waals surface area contributed by atoms with Crippen molar-refractivity contribution in [1.82, 2.24) is 9.88 Å². The molecule has 0 radical (unpaired) electrons. The van der Waals surface area contributed by atoms with E-state index in [0.717, 1.165) is 49.7 Å². The number of aromatic nitrogens is 1. The minimum Gasteiger partial charge on any atom is -0.439 e. The molecule has 1 atom stereocenters.